The van der Waals surface area contributed by atoms with E-state index in [0.717, 1.165) is 22.3 Å². The number of anilines is 2. The van der Waals surface area contributed by atoms with Gasteiger partial charge in [0.25, 0.3) is 11.8 Å². The van der Waals surface area contributed by atoms with Crippen LogP contribution >= 0.6 is 23.2 Å². The van der Waals surface area contributed by atoms with Crippen molar-refractivity contribution >= 4 is 90.7 Å². The number of nitrogens with one attached hydrogen (secondary N) is 2. The molecule has 0 bridgehead atoms. The van der Waals surface area contributed by atoms with Gasteiger partial charge < -0.3 is 20.8 Å². The fourth-order valence-corrected chi connectivity index (χ4v) is 7.65. The van der Waals surface area contributed by atoms with E-state index in [0.29, 0.717) is 67.2 Å². The summed E-state index contributed by atoms with van der Waals surface area (Å²) in [7, 11) is 0. The number of nitrogens with zero attached hydrogens (tertiary/aromatic N) is 4. The molecule has 0 aliphatic carbocycles. The van der Waals surface area contributed by atoms with Crippen molar-refractivity contribution in [1.82, 2.24) is 0 Å². The van der Waals surface area contributed by atoms with Crippen LogP contribution in [-0.2, 0) is 12.8 Å². The van der Waals surface area contributed by atoms with Gasteiger partial charge in [-0.3, -0.25) is 9.59 Å². The van der Waals surface area contributed by atoms with Gasteiger partial charge in [0.1, 0.15) is 22.7 Å². The maximum absolute atomic E-state index is 13.6. The second kappa shape index (κ2) is 18.1. The number of hydrogen-bond acceptors (Lipinski definition) is 8. The zero-order valence-corrected chi connectivity index (χ0v) is 35.0. The van der Waals surface area contributed by atoms with E-state index in [1.807, 2.05) is 111 Å². The van der Waals surface area contributed by atoms with Crippen LogP contribution < -0.4 is 10.6 Å². The van der Waals surface area contributed by atoms with Crippen molar-refractivity contribution in [3.63, 3.8) is 0 Å². The van der Waals surface area contributed by atoms with Crippen LogP contribution in [0, 0.1) is 0 Å². The van der Waals surface area contributed by atoms with Crippen LogP contribution in [0.1, 0.15) is 45.7 Å². The Kier molecular flexibility index (Phi) is 12.0. The molecule has 0 aliphatic heterocycles. The van der Waals surface area contributed by atoms with Gasteiger partial charge in [-0.15, -0.1) is 20.5 Å². The molecular weight excluding hydrogens is 819 g/mol. The molecule has 8 aromatic rings. The highest BCUT2D eigenvalue weighted by molar-refractivity contribution is 6.33. The number of rotatable bonds is 11. The quantitative estimate of drug-likeness (QED) is 0.0958. The summed E-state index contributed by atoms with van der Waals surface area (Å²) in [4.78, 5) is 27.3. The summed E-state index contributed by atoms with van der Waals surface area (Å²) in [5.74, 6) is -1.66. The Hall–Kier alpha value is -7.40. The van der Waals surface area contributed by atoms with Crippen LogP contribution in [0.25, 0.3) is 32.7 Å². The molecule has 12 heteroatoms. The van der Waals surface area contributed by atoms with Crippen molar-refractivity contribution < 1.29 is 19.8 Å². The zero-order valence-electron chi connectivity index (χ0n) is 33.5. The van der Waals surface area contributed by atoms with Gasteiger partial charge in [0, 0.05) is 22.1 Å². The van der Waals surface area contributed by atoms with Crippen LogP contribution in [-0.4, -0.2) is 22.0 Å². The number of amides is 2. The largest absolute Gasteiger partial charge is 0.505 e. The Labute approximate surface area is 367 Å². The highest BCUT2D eigenvalue weighted by atomic mass is 35.5. The van der Waals surface area contributed by atoms with Crippen molar-refractivity contribution in [3.05, 3.63) is 178 Å². The van der Waals surface area contributed by atoms with E-state index < -0.39 is 11.8 Å². The lowest BCUT2D eigenvalue weighted by Gasteiger charge is -2.12. The number of halogens is 2. The number of hydrogen-bond donors (Lipinski definition) is 4. The lowest BCUT2D eigenvalue weighted by Crippen LogP contribution is -2.12. The molecule has 0 spiro atoms. The van der Waals surface area contributed by atoms with E-state index in [9.17, 15) is 19.8 Å². The third kappa shape index (κ3) is 8.47. The molecule has 0 radical (unpaired) electrons. The number of fused-ring (bicyclic) bond motifs is 2. The van der Waals surface area contributed by atoms with Gasteiger partial charge in [-0.2, -0.15) is 0 Å². The minimum Gasteiger partial charge on any atom is -0.505 e. The average Bonchev–Trinajstić information content (AvgIpc) is 3.29. The SMILES string of the molecule is CCc1cccc(Cl)c1N=Nc1c(O)c(C(=O)Nc2ccc(-c3ccc(NC(=O)c4cc5ccccc5c(N=Nc5c(Cl)cccc5CC)c4O)cc3)cc2)cc2ccccc12. The first kappa shape index (κ1) is 41.3. The molecular formula is C50H38Cl2N6O4. The fraction of sp³-hybridized carbons (Fsp3) is 0.0800. The summed E-state index contributed by atoms with van der Waals surface area (Å²) >= 11 is 12.9. The maximum Gasteiger partial charge on any atom is 0.259 e. The smallest absolute Gasteiger partial charge is 0.259 e. The highest BCUT2D eigenvalue weighted by Gasteiger charge is 2.21. The first-order valence-corrected chi connectivity index (χ1v) is 20.6. The van der Waals surface area contributed by atoms with Crippen LogP contribution in [0.5, 0.6) is 11.5 Å². The third-order valence-electron chi connectivity index (χ3n) is 10.5. The number of carbonyl (C=O) groups excluding carboxylic acids is 2. The van der Waals surface area contributed by atoms with Crippen molar-refractivity contribution in [3.8, 4) is 22.6 Å². The van der Waals surface area contributed by atoms with E-state index in [4.69, 9.17) is 23.2 Å². The number of aryl methyl sites for hydroxylation is 2. The average molecular weight is 858 g/mol. The van der Waals surface area contributed by atoms with Gasteiger partial charge in [-0.25, -0.2) is 0 Å². The summed E-state index contributed by atoms with van der Waals surface area (Å²) in [6, 6.07) is 43.3. The molecule has 0 aromatic heterocycles. The molecule has 0 atom stereocenters. The normalized spacial score (nSPS) is 11.5. The Morgan fingerprint density at radius 2 is 0.855 bits per heavy atom. The van der Waals surface area contributed by atoms with E-state index in [1.54, 1.807) is 48.5 Å². The second-order valence-corrected chi connectivity index (χ2v) is 15.2. The first-order valence-electron chi connectivity index (χ1n) is 19.8. The van der Waals surface area contributed by atoms with Crippen LogP contribution in [0.2, 0.25) is 10.0 Å². The summed E-state index contributed by atoms with van der Waals surface area (Å²) in [6.45, 7) is 3.98. The molecule has 306 valence electrons. The molecule has 2 amide bonds. The maximum atomic E-state index is 13.6. The van der Waals surface area contributed by atoms with Crippen LogP contribution in [0.3, 0.4) is 0 Å². The zero-order chi connectivity index (χ0) is 43.3. The Morgan fingerprint density at radius 1 is 0.484 bits per heavy atom. The van der Waals surface area contributed by atoms with Gasteiger partial charge in [0.05, 0.1) is 21.2 Å². The molecule has 0 aliphatic rings. The standard InChI is InChI=1S/C50H38Cl2N6O4/c1-3-29-13-9-17-41(51)43(29)55-57-45-37-15-7-5-11-33(37)27-39(47(45)59)49(61)53-35-23-19-31(20-24-35)32-21-25-36(26-22-32)54-50(62)40-28-34-12-6-8-16-38(34)46(48(40)60)58-56-44-30(4-2)14-10-18-42(44)52/h5-28,59-60H,3-4H2,1-2H3,(H,53,61)(H,54,62). The number of benzene rings is 8. The predicted octanol–water partition coefficient (Wildman–Crippen LogP) is 14.8. The van der Waals surface area contributed by atoms with Gasteiger partial charge in [0.2, 0.25) is 0 Å². The van der Waals surface area contributed by atoms with E-state index in [-0.39, 0.29) is 34.0 Å². The molecule has 0 heterocycles. The molecule has 8 aromatic carbocycles. The van der Waals surface area contributed by atoms with Crippen molar-refractivity contribution in [1.29, 1.82) is 0 Å². The molecule has 10 nitrogen and oxygen atoms in total. The lowest BCUT2D eigenvalue weighted by molar-refractivity contribution is 0.101. The summed E-state index contributed by atoms with van der Waals surface area (Å²) in [6.07, 6.45) is 1.38. The second-order valence-electron chi connectivity index (χ2n) is 14.4. The van der Waals surface area contributed by atoms with Crippen molar-refractivity contribution in [2.75, 3.05) is 10.6 Å². The molecule has 8 rings (SSSR count). The van der Waals surface area contributed by atoms with Gasteiger partial charge in [-0.05, 0) is 94.4 Å². The number of phenolic OH excluding ortho intramolecular Hbond substituents is 2. The summed E-state index contributed by atoms with van der Waals surface area (Å²) < 4.78 is 0. The topological polar surface area (TPSA) is 148 Å². The molecule has 4 N–H and O–H groups in total. The molecule has 0 saturated carbocycles. The first-order chi connectivity index (χ1) is 30.1. The van der Waals surface area contributed by atoms with Crippen molar-refractivity contribution in [2.24, 2.45) is 20.5 Å². The fourth-order valence-electron chi connectivity index (χ4n) is 7.19. The Balaban J connectivity index is 0.985. The molecule has 0 saturated heterocycles. The van der Waals surface area contributed by atoms with Gasteiger partial charge in [0.15, 0.2) is 11.5 Å². The monoisotopic (exact) mass is 856 g/mol. The van der Waals surface area contributed by atoms with Crippen molar-refractivity contribution in [2.45, 2.75) is 26.7 Å². The Morgan fingerprint density at radius 3 is 1.24 bits per heavy atom. The highest BCUT2D eigenvalue weighted by Crippen LogP contribution is 2.43. The summed E-state index contributed by atoms with van der Waals surface area (Å²) in [5.41, 5.74) is 5.93. The lowest BCUT2D eigenvalue weighted by atomic mass is 10.0. The third-order valence-corrected chi connectivity index (χ3v) is 11.1. The number of aromatic hydroxyl groups is 2. The molecule has 0 fully saturated rings. The van der Waals surface area contributed by atoms with Crippen LogP contribution in [0.15, 0.2) is 166 Å². The summed E-state index contributed by atoms with van der Waals surface area (Å²) in [5, 5.41) is 49.7. The molecule has 62 heavy (non-hydrogen) atoms. The van der Waals surface area contributed by atoms with Crippen LogP contribution in [0.4, 0.5) is 34.1 Å². The van der Waals surface area contributed by atoms with E-state index in [1.165, 1.54) is 0 Å². The predicted molar refractivity (Wildman–Crippen MR) is 249 cm³/mol. The van der Waals surface area contributed by atoms with E-state index >= 15 is 0 Å². The molecule has 0 unspecified atom stereocenters. The minimum absolute atomic E-state index is 0.0366. The van der Waals surface area contributed by atoms with Gasteiger partial charge in [-0.1, -0.05) is 134 Å². The Bertz CT molecular complexity index is 2870. The van der Waals surface area contributed by atoms with Gasteiger partial charge >= 0.3 is 0 Å². The number of azo groups is 2. The number of carbonyl (C=O) groups is 2. The number of phenols is 2. The minimum atomic E-state index is -0.525. The van der Waals surface area contributed by atoms with E-state index in [2.05, 4.69) is 31.1 Å².